The molecule has 1 aromatic rings. The Morgan fingerprint density at radius 3 is 2.44 bits per heavy atom. The summed E-state index contributed by atoms with van der Waals surface area (Å²) in [5, 5.41) is 13.4. The van der Waals surface area contributed by atoms with E-state index in [0.29, 0.717) is 12.6 Å². The van der Waals surface area contributed by atoms with Gasteiger partial charge in [-0.15, -0.1) is 0 Å². The van der Waals surface area contributed by atoms with Gasteiger partial charge in [0.05, 0.1) is 11.7 Å². The average Bonchev–Trinajstić information content (AvgIpc) is 2.36. The highest BCUT2D eigenvalue weighted by Crippen LogP contribution is 2.16. The third-order valence-corrected chi connectivity index (χ3v) is 3.19. The van der Waals surface area contributed by atoms with E-state index >= 15 is 0 Å². The van der Waals surface area contributed by atoms with Crippen molar-refractivity contribution >= 4 is 0 Å². The molecule has 2 N–H and O–H groups in total. The largest absolute Gasteiger partial charge is 0.387 e. The van der Waals surface area contributed by atoms with Gasteiger partial charge in [0.2, 0.25) is 0 Å². The lowest BCUT2D eigenvalue weighted by Crippen LogP contribution is -2.37. The van der Waals surface area contributed by atoms with Crippen molar-refractivity contribution in [2.24, 2.45) is 0 Å². The molecule has 3 nitrogen and oxygen atoms in total. The first-order chi connectivity index (χ1) is 8.44. The van der Waals surface area contributed by atoms with Crippen LogP contribution in [0.15, 0.2) is 30.3 Å². The van der Waals surface area contributed by atoms with Crippen LogP contribution in [0.4, 0.5) is 0 Å². The maximum Gasteiger partial charge on any atom is 0.0914 e. The van der Waals surface area contributed by atoms with Crippen molar-refractivity contribution in [3.63, 3.8) is 0 Å². The quantitative estimate of drug-likeness (QED) is 0.782. The van der Waals surface area contributed by atoms with E-state index in [2.05, 4.69) is 26.1 Å². The summed E-state index contributed by atoms with van der Waals surface area (Å²) >= 11 is 0. The van der Waals surface area contributed by atoms with Crippen LogP contribution >= 0.6 is 0 Å². The minimum absolute atomic E-state index is 0.135. The van der Waals surface area contributed by atoms with E-state index in [1.165, 1.54) is 0 Å². The van der Waals surface area contributed by atoms with E-state index in [-0.39, 0.29) is 5.60 Å². The molecule has 0 aromatic heterocycles. The Morgan fingerprint density at radius 1 is 1.28 bits per heavy atom. The van der Waals surface area contributed by atoms with Crippen molar-refractivity contribution in [2.75, 3.05) is 13.7 Å². The van der Waals surface area contributed by atoms with Crippen molar-refractivity contribution in [1.82, 2.24) is 5.32 Å². The van der Waals surface area contributed by atoms with Crippen molar-refractivity contribution < 1.29 is 9.84 Å². The molecule has 0 spiro atoms. The SMILES string of the molecule is COC(C)(C)CC(C)NCC(O)c1ccccc1. The fourth-order valence-electron chi connectivity index (χ4n) is 2.00. The summed E-state index contributed by atoms with van der Waals surface area (Å²) in [5.41, 5.74) is 0.813. The van der Waals surface area contributed by atoms with Crippen molar-refractivity contribution in [3.05, 3.63) is 35.9 Å². The summed E-state index contributed by atoms with van der Waals surface area (Å²) in [4.78, 5) is 0. The highest BCUT2D eigenvalue weighted by atomic mass is 16.5. The molecule has 0 aliphatic carbocycles. The van der Waals surface area contributed by atoms with Crippen LogP contribution in [-0.4, -0.2) is 30.4 Å². The van der Waals surface area contributed by atoms with Crippen molar-refractivity contribution in [1.29, 1.82) is 0 Å². The van der Waals surface area contributed by atoms with Crippen LogP contribution in [0.5, 0.6) is 0 Å². The summed E-state index contributed by atoms with van der Waals surface area (Å²) in [6.45, 7) is 6.81. The zero-order valence-electron chi connectivity index (χ0n) is 11.8. The highest BCUT2D eigenvalue weighted by molar-refractivity contribution is 5.17. The van der Waals surface area contributed by atoms with E-state index in [0.717, 1.165) is 12.0 Å². The number of aliphatic hydroxyl groups is 1. The summed E-state index contributed by atoms with van der Waals surface area (Å²) in [5.74, 6) is 0. The first kappa shape index (κ1) is 15.2. The standard InChI is InChI=1S/C15H25NO2/c1-12(10-15(2,3)18-4)16-11-14(17)13-8-6-5-7-9-13/h5-9,12,14,16-17H,10-11H2,1-4H3. The molecular weight excluding hydrogens is 226 g/mol. The predicted octanol–water partition coefficient (Wildman–Crippen LogP) is 2.51. The van der Waals surface area contributed by atoms with Gasteiger partial charge in [-0.3, -0.25) is 0 Å². The van der Waals surface area contributed by atoms with Crippen molar-refractivity contribution in [2.45, 2.75) is 44.9 Å². The van der Waals surface area contributed by atoms with Crippen molar-refractivity contribution in [3.8, 4) is 0 Å². The van der Waals surface area contributed by atoms with Crippen LogP contribution in [0.25, 0.3) is 0 Å². The van der Waals surface area contributed by atoms with Gasteiger partial charge in [0, 0.05) is 19.7 Å². The lowest BCUT2D eigenvalue weighted by Gasteiger charge is -2.27. The smallest absolute Gasteiger partial charge is 0.0914 e. The molecule has 2 unspecified atom stereocenters. The third-order valence-electron chi connectivity index (χ3n) is 3.19. The van der Waals surface area contributed by atoms with Gasteiger partial charge in [0.15, 0.2) is 0 Å². The maximum atomic E-state index is 10.0. The van der Waals surface area contributed by atoms with E-state index in [1.54, 1.807) is 7.11 Å². The molecule has 1 aromatic carbocycles. The number of rotatable bonds is 7. The number of nitrogens with one attached hydrogen (secondary N) is 1. The number of methoxy groups -OCH3 is 1. The van der Waals surface area contributed by atoms with Gasteiger partial charge in [-0.2, -0.15) is 0 Å². The second kappa shape index (κ2) is 6.88. The molecular formula is C15H25NO2. The zero-order chi connectivity index (χ0) is 13.6. The lowest BCUT2D eigenvalue weighted by atomic mass is 9.99. The molecule has 0 saturated carbocycles. The molecule has 0 saturated heterocycles. The minimum atomic E-state index is -0.459. The van der Waals surface area contributed by atoms with Gasteiger partial charge < -0.3 is 15.2 Å². The fraction of sp³-hybridized carbons (Fsp3) is 0.600. The first-order valence-electron chi connectivity index (χ1n) is 6.46. The van der Waals surface area contributed by atoms with Crippen LogP contribution < -0.4 is 5.32 Å². The number of aliphatic hydroxyl groups excluding tert-OH is 1. The van der Waals surface area contributed by atoms with E-state index in [4.69, 9.17) is 4.74 Å². The van der Waals surface area contributed by atoms with E-state index in [1.807, 2.05) is 30.3 Å². The van der Waals surface area contributed by atoms with Crippen LogP contribution in [-0.2, 0) is 4.74 Å². The predicted molar refractivity (Wildman–Crippen MR) is 74.6 cm³/mol. The molecule has 0 bridgehead atoms. The first-order valence-corrected chi connectivity index (χ1v) is 6.46. The second-order valence-electron chi connectivity index (χ2n) is 5.40. The molecule has 1 rings (SSSR count). The Labute approximate surface area is 110 Å². The summed E-state index contributed by atoms with van der Waals surface area (Å²) in [6.07, 6.45) is 0.449. The molecule has 3 heteroatoms. The number of ether oxygens (including phenoxy) is 1. The van der Waals surface area contributed by atoms with E-state index in [9.17, 15) is 5.11 Å². The van der Waals surface area contributed by atoms with Gasteiger partial charge >= 0.3 is 0 Å². The Balaban J connectivity index is 2.37. The molecule has 0 radical (unpaired) electrons. The van der Waals surface area contributed by atoms with Gasteiger partial charge in [0.1, 0.15) is 0 Å². The third kappa shape index (κ3) is 5.17. The molecule has 0 aliphatic heterocycles. The topological polar surface area (TPSA) is 41.5 Å². The molecule has 0 heterocycles. The minimum Gasteiger partial charge on any atom is -0.387 e. The Kier molecular flexibility index (Phi) is 5.79. The fourth-order valence-corrected chi connectivity index (χ4v) is 2.00. The van der Waals surface area contributed by atoms with Crippen LogP contribution in [0.3, 0.4) is 0 Å². The number of benzene rings is 1. The Morgan fingerprint density at radius 2 is 1.89 bits per heavy atom. The molecule has 0 aliphatic rings. The van der Waals surface area contributed by atoms with Crippen LogP contribution in [0.1, 0.15) is 38.9 Å². The van der Waals surface area contributed by atoms with Gasteiger partial charge in [-0.25, -0.2) is 0 Å². The lowest BCUT2D eigenvalue weighted by molar-refractivity contribution is 0.00754. The number of hydrogen-bond acceptors (Lipinski definition) is 3. The second-order valence-corrected chi connectivity index (χ2v) is 5.40. The molecule has 0 amide bonds. The molecule has 2 atom stereocenters. The van der Waals surface area contributed by atoms with Gasteiger partial charge in [0.25, 0.3) is 0 Å². The summed E-state index contributed by atoms with van der Waals surface area (Å²) in [7, 11) is 1.73. The highest BCUT2D eigenvalue weighted by Gasteiger charge is 2.20. The molecule has 102 valence electrons. The van der Waals surface area contributed by atoms with Gasteiger partial charge in [-0.1, -0.05) is 30.3 Å². The monoisotopic (exact) mass is 251 g/mol. The van der Waals surface area contributed by atoms with Crippen LogP contribution in [0.2, 0.25) is 0 Å². The molecule has 18 heavy (non-hydrogen) atoms. The summed E-state index contributed by atoms with van der Waals surface area (Å²) < 4.78 is 5.40. The zero-order valence-corrected chi connectivity index (χ0v) is 11.8. The summed E-state index contributed by atoms with van der Waals surface area (Å²) in [6, 6.07) is 10.0. The van der Waals surface area contributed by atoms with E-state index < -0.39 is 6.10 Å². The Hall–Kier alpha value is -0.900. The maximum absolute atomic E-state index is 10.0. The average molecular weight is 251 g/mol. The van der Waals surface area contributed by atoms with Crippen LogP contribution in [0, 0.1) is 0 Å². The number of hydrogen-bond donors (Lipinski definition) is 2. The van der Waals surface area contributed by atoms with Gasteiger partial charge in [-0.05, 0) is 32.8 Å². The molecule has 0 fully saturated rings. The normalized spacial score (nSPS) is 15.4. The Bertz CT molecular complexity index is 338.